The molecule has 10 aromatic rings. The summed E-state index contributed by atoms with van der Waals surface area (Å²) >= 11 is 1.87. The predicted molar refractivity (Wildman–Crippen MR) is 245 cm³/mol. The maximum absolute atomic E-state index is 7.19. The second-order valence-corrected chi connectivity index (χ2v) is 16.3. The van der Waals surface area contributed by atoms with E-state index >= 15 is 0 Å². The van der Waals surface area contributed by atoms with Crippen LogP contribution in [0.25, 0.3) is 33.1 Å². The van der Waals surface area contributed by atoms with E-state index in [2.05, 4.69) is 228 Å². The Labute approximate surface area is 347 Å². The Hall–Kier alpha value is -7.27. The zero-order valence-corrected chi connectivity index (χ0v) is 32.8. The second-order valence-electron chi connectivity index (χ2n) is 15.2. The lowest BCUT2D eigenvalue weighted by atomic mass is 9.67. The predicted octanol–water partition coefficient (Wildman–Crippen LogP) is 15.4. The van der Waals surface area contributed by atoms with E-state index in [-0.39, 0.29) is 0 Å². The van der Waals surface area contributed by atoms with Gasteiger partial charge in [0.05, 0.1) is 16.8 Å². The molecule has 59 heavy (non-hydrogen) atoms. The molecule has 0 unspecified atom stereocenters. The lowest BCUT2D eigenvalue weighted by Gasteiger charge is -2.40. The van der Waals surface area contributed by atoms with E-state index in [9.17, 15) is 0 Å². The quantitative estimate of drug-likeness (QED) is 0.168. The molecule has 3 nitrogen and oxygen atoms in total. The van der Waals surface area contributed by atoms with Gasteiger partial charge in [-0.3, -0.25) is 0 Å². The van der Waals surface area contributed by atoms with Crippen LogP contribution in [-0.4, -0.2) is 0 Å². The highest BCUT2D eigenvalue weighted by molar-refractivity contribution is 7.99. The highest BCUT2D eigenvalue weighted by Gasteiger charge is 2.50. The molecule has 2 aliphatic rings. The number of para-hydroxylation sites is 5. The van der Waals surface area contributed by atoms with E-state index < -0.39 is 5.41 Å². The zero-order valence-electron chi connectivity index (χ0n) is 32.0. The Bertz CT molecular complexity index is 3130. The molecule has 1 aromatic heterocycles. The molecule has 12 rings (SSSR count). The summed E-state index contributed by atoms with van der Waals surface area (Å²) < 4.78 is 7.19. The van der Waals surface area contributed by atoms with E-state index in [1.807, 2.05) is 11.8 Å². The molecule has 0 fully saturated rings. The minimum absolute atomic E-state index is 0.432. The number of furan rings is 1. The first-order valence-electron chi connectivity index (χ1n) is 20.1. The third kappa shape index (κ3) is 5.03. The molecule has 1 aliphatic carbocycles. The van der Waals surface area contributed by atoms with Crippen LogP contribution < -0.4 is 9.80 Å². The maximum Gasteiger partial charge on any atom is 0.159 e. The van der Waals surface area contributed by atoms with Crippen LogP contribution in [-0.2, 0) is 5.41 Å². The van der Waals surface area contributed by atoms with Gasteiger partial charge in [-0.2, -0.15) is 0 Å². The van der Waals surface area contributed by atoms with Crippen LogP contribution in [0.5, 0.6) is 0 Å². The Balaban J connectivity index is 1.08. The highest BCUT2D eigenvalue weighted by Crippen LogP contribution is 2.62. The average molecular weight is 773 g/mol. The summed E-state index contributed by atoms with van der Waals surface area (Å²) in [5.74, 6) is 0. The third-order valence-corrected chi connectivity index (χ3v) is 13.2. The van der Waals surface area contributed by atoms with Gasteiger partial charge in [-0.1, -0.05) is 163 Å². The molecular weight excluding hydrogens is 737 g/mol. The van der Waals surface area contributed by atoms with Crippen LogP contribution >= 0.6 is 11.8 Å². The number of benzene rings is 9. The molecule has 278 valence electrons. The second kappa shape index (κ2) is 13.4. The molecule has 9 aromatic carbocycles. The number of hydrogen-bond acceptors (Lipinski definition) is 4. The first-order valence-corrected chi connectivity index (χ1v) is 20.9. The molecule has 0 bridgehead atoms. The topological polar surface area (TPSA) is 19.6 Å². The van der Waals surface area contributed by atoms with Crippen LogP contribution in [0, 0.1) is 0 Å². The fraction of sp³-hybridized carbons (Fsp3) is 0.0182. The Morgan fingerprint density at radius 3 is 1.32 bits per heavy atom. The fourth-order valence-electron chi connectivity index (χ4n) is 9.72. The van der Waals surface area contributed by atoms with Gasteiger partial charge in [-0.25, -0.2) is 0 Å². The first-order chi connectivity index (χ1) is 29.3. The summed E-state index contributed by atoms with van der Waals surface area (Å²) in [6.07, 6.45) is 0. The lowest BCUT2D eigenvalue weighted by molar-refractivity contribution is 0.669. The van der Waals surface area contributed by atoms with Crippen LogP contribution in [0.15, 0.2) is 233 Å². The Kier molecular flexibility index (Phi) is 7.69. The number of fused-ring (bicyclic) bond motifs is 12. The summed E-state index contributed by atoms with van der Waals surface area (Å²) in [5, 5.41) is 2.14. The van der Waals surface area contributed by atoms with Crippen molar-refractivity contribution in [3.8, 4) is 11.1 Å². The van der Waals surface area contributed by atoms with E-state index in [4.69, 9.17) is 4.42 Å². The Morgan fingerprint density at radius 1 is 0.339 bits per heavy atom. The van der Waals surface area contributed by atoms with Gasteiger partial charge in [0.1, 0.15) is 0 Å². The molecule has 0 N–H and O–H groups in total. The minimum atomic E-state index is -0.432. The van der Waals surface area contributed by atoms with Gasteiger partial charge >= 0.3 is 0 Å². The van der Waals surface area contributed by atoms with Crippen molar-refractivity contribution in [1.29, 1.82) is 0 Å². The molecule has 0 saturated carbocycles. The highest BCUT2D eigenvalue weighted by atomic mass is 32.2. The molecule has 4 heteroatoms. The number of nitrogens with zero attached hydrogens (tertiary/aromatic N) is 2. The van der Waals surface area contributed by atoms with Crippen molar-refractivity contribution in [3.05, 3.63) is 241 Å². The van der Waals surface area contributed by atoms with Crippen molar-refractivity contribution in [2.45, 2.75) is 15.2 Å². The monoisotopic (exact) mass is 772 g/mol. The van der Waals surface area contributed by atoms with Crippen molar-refractivity contribution in [1.82, 2.24) is 0 Å². The summed E-state index contributed by atoms with van der Waals surface area (Å²) in [4.78, 5) is 7.17. The van der Waals surface area contributed by atoms with Crippen LogP contribution in [0.4, 0.5) is 34.1 Å². The van der Waals surface area contributed by atoms with E-state index in [1.54, 1.807) is 0 Å². The van der Waals surface area contributed by atoms with Crippen LogP contribution in [0.2, 0.25) is 0 Å². The lowest BCUT2D eigenvalue weighted by Crippen LogP contribution is -2.32. The summed E-state index contributed by atoms with van der Waals surface area (Å²) in [6, 6.07) is 78.8. The standard InChI is InChI=1S/C55H36N2OS/c1-4-18-37(19-5-1)56(38-20-6-2-7-21-38)49-31-16-26-43-44-27-17-32-50(54(44)58-53(43)49)57(39-22-8-3-9-23-39)40-34-35-48-52(36-40)59-51-33-15-14-30-47(51)55(48)45-28-12-10-24-41(45)42-25-11-13-29-46(42)55/h1-36H. The van der Waals surface area contributed by atoms with Crippen LogP contribution in [0.3, 0.4) is 0 Å². The van der Waals surface area contributed by atoms with E-state index in [0.29, 0.717) is 0 Å². The molecule has 0 radical (unpaired) electrons. The summed E-state index contributed by atoms with van der Waals surface area (Å²) in [5.41, 5.74) is 15.4. The maximum atomic E-state index is 7.19. The average Bonchev–Trinajstić information content (AvgIpc) is 3.83. The van der Waals surface area contributed by atoms with Crippen molar-refractivity contribution in [2.24, 2.45) is 0 Å². The SMILES string of the molecule is c1ccc(N(c2ccccc2)c2cccc3c2oc2c(N(c4ccccc4)c4ccc5c(c4)Sc4ccccc4C54c5ccccc5-c5ccccc54)cccc23)cc1. The zero-order chi connectivity index (χ0) is 38.9. The number of rotatable bonds is 6. The summed E-state index contributed by atoms with van der Waals surface area (Å²) in [7, 11) is 0. The van der Waals surface area contributed by atoms with Gasteiger partial charge < -0.3 is 14.2 Å². The first kappa shape index (κ1) is 33.8. The number of hydrogen-bond donors (Lipinski definition) is 0. The van der Waals surface area contributed by atoms with Crippen molar-refractivity contribution >= 4 is 67.8 Å². The van der Waals surface area contributed by atoms with Gasteiger partial charge in [0.25, 0.3) is 0 Å². The van der Waals surface area contributed by atoms with E-state index in [1.165, 1.54) is 43.2 Å². The summed E-state index contributed by atoms with van der Waals surface area (Å²) in [6.45, 7) is 0. The van der Waals surface area contributed by atoms with Crippen molar-refractivity contribution in [3.63, 3.8) is 0 Å². The van der Waals surface area contributed by atoms with Gasteiger partial charge in [0.15, 0.2) is 11.2 Å². The molecule has 0 saturated heterocycles. The largest absolute Gasteiger partial charge is 0.452 e. The van der Waals surface area contributed by atoms with Gasteiger partial charge in [0, 0.05) is 43.3 Å². The van der Waals surface area contributed by atoms with Gasteiger partial charge in [0.2, 0.25) is 0 Å². The molecule has 1 aliphatic heterocycles. The van der Waals surface area contributed by atoms with Crippen LogP contribution in [0.1, 0.15) is 22.3 Å². The fourth-order valence-corrected chi connectivity index (χ4v) is 10.9. The van der Waals surface area contributed by atoms with Crippen molar-refractivity contribution < 1.29 is 4.42 Å². The minimum Gasteiger partial charge on any atom is -0.452 e. The number of anilines is 6. The third-order valence-electron chi connectivity index (χ3n) is 12.1. The normalized spacial score (nSPS) is 13.2. The van der Waals surface area contributed by atoms with Gasteiger partial charge in [-0.05, 0) is 100 Å². The molecule has 2 heterocycles. The van der Waals surface area contributed by atoms with Crippen molar-refractivity contribution in [2.75, 3.05) is 9.80 Å². The van der Waals surface area contributed by atoms with Gasteiger partial charge in [-0.15, -0.1) is 0 Å². The molecule has 1 spiro atoms. The molecule has 0 atom stereocenters. The smallest absolute Gasteiger partial charge is 0.159 e. The molecule has 0 amide bonds. The molecular formula is C55H36N2OS. The Morgan fingerprint density at radius 2 is 0.780 bits per heavy atom. The van der Waals surface area contributed by atoms with E-state index in [0.717, 1.165) is 56.1 Å².